The van der Waals surface area contributed by atoms with Gasteiger partial charge >= 0.3 is 5.97 Å². The van der Waals surface area contributed by atoms with E-state index in [1.54, 1.807) is 0 Å². The summed E-state index contributed by atoms with van der Waals surface area (Å²) in [6.45, 7) is 0.936. The molecule has 0 aliphatic carbocycles. The monoisotopic (exact) mass is 179 g/mol. The predicted molar refractivity (Wildman–Crippen MR) is 37.6 cm³/mol. The van der Waals surface area contributed by atoms with Crippen LogP contribution < -0.4 is 0 Å². The third-order valence-electron chi connectivity index (χ3n) is 1.51. The lowest BCUT2D eigenvalue weighted by atomic mass is 10.3. The van der Waals surface area contributed by atoms with Gasteiger partial charge in [0.15, 0.2) is 5.75 Å². The van der Waals surface area contributed by atoms with Crippen LogP contribution in [0.2, 0.25) is 0 Å². The van der Waals surface area contributed by atoms with E-state index in [0.29, 0.717) is 13.1 Å². The first-order chi connectivity index (χ1) is 5.02. The van der Waals surface area contributed by atoms with E-state index in [0.717, 1.165) is 6.42 Å². The largest absolute Gasteiger partial charge is 0.480 e. The number of carbonyl (C=O) groups is 1. The van der Waals surface area contributed by atoms with Crippen molar-refractivity contribution in [2.75, 3.05) is 18.8 Å². The summed E-state index contributed by atoms with van der Waals surface area (Å²) in [6.07, 6.45) is 0.832. The molecule has 1 heterocycles. The van der Waals surface area contributed by atoms with Crippen molar-refractivity contribution in [3.05, 3.63) is 0 Å². The molecule has 0 amide bonds. The van der Waals surface area contributed by atoms with Gasteiger partial charge in [-0.15, -0.1) is 0 Å². The Bertz CT molecular complexity index is 254. The van der Waals surface area contributed by atoms with Gasteiger partial charge < -0.3 is 5.11 Å². The van der Waals surface area contributed by atoms with E-state index in [4.69, 9.17) is 5.11 Å². The summed E-state index contributed by atoms with van der Waals surface area (Å²) in [5.74, 6) is -2.08. The maximum Gasteiger partial charge on any atom is 0.320 e. The van der Waals surface area contributed by atoms with E-state index < -0.39 is 21.7 Å². The minimum atomic E-state index is -3.49. The highest BCUT2D eigenvalue weighted by Crippen LogP contribution is 2.11. The van der Waals surface area contributed by atoms with Crippen LogP contribution in [0.15, 0.2) is 0 Å². The van der Waals surface area contributed by atoms with Gasteiger partial charge in [0.2, 0.25) is 10.0 Å². The molecular weight excluding hydrogens is 170 g/mol. The van der Waals surface area contributed by atoms with Crippen molar-refractivity contribution in [1.29, 1.82) is 0 Å². The van der Waals surface area contributed by atoms with Gasteiger partial charge in [0.25, 0.3) is 0 Å². The average Bonchev–Trinajstić information content (AvgIpc) is 1.50. The minimum Gasteiger partial charge on any atom is -0.480 e. The number of nitrogens with zero attached hydrogens (tertiary/aromatic N) is 1. The second-order valence-corrected chi connectivity index (χ2v) is 4.37. The molecule has 5 nitrogen and oxygen atoms in total. The average molecular weight is 179 g/mol. The van der Waals surface area contributed by atoms with Crippen molar-refractivity contribution in [1.82, 2.24) is 4.31 Å². The van der Waals surface area contributed by atoms with E-state index >= 15 is 0 Å². The Morgan fingerprint density at radius 3 is 2.27 bits per heavy atom. The van der Waals surface area contributed by atoms with E-state index in [9.17, 15) is 13.2 Å². The summed E-state index contributed by atoms with van der Waals surface area (Å²) in [4.78, 5) is 10.1. The zero-order valence-electron chi connectivity index (χ0n) is 5.86. The Morgan fingerprint density at radius 1 is 1.45 bits per heavy atom. The van der Waals surface area contributed by atoms with Crippen LogP contribution in [0.3, 0.4) is 0 Å². The predicted octanol–water partition coefficient (Wildman–Crippen LogP) is -0.893. The number of hydrogen-bond acceptors (Lipinski definition) is 3. The Balaban J connectivity index is 2.59. The number of rotatable bonds is 3. The number of sulfonamides is 1. The summed E-state index contributed by atoms with van der Waals surface area (Å²) in [5.41, 5.74) is 0. The minimum absolute atomic E-state index is 0.468. The zero-order chi connectivity index (χ0) is 8.48. The first kappa shape index (κ1) is 8.48. The molecule has 0 unspecified atom stereocenters. The van der Waals surface area contributed by atoms with E-state index in [1.807, 2.05) is 0 Å². The second kappa shape index (κ2) is 2.78. The maximum atomic E-state index is 11.0. The van der Waals surface area contributed by atoms with Gasteiger partial charge in [0.1, 0.15) is 0 Å². The highest BCUT2D eigenvalue weighted by Gasteiger charge is 2.29. The van der Waals surface area contributed by atoms with Crippen LogP contribution in [0.5, 0.6) is 0 Å². The van der Waals surface area contributed by atoms with Gasteiger partial charge in [-0.05, 0) is 6.42 Å². The summed E-state index contributed by atoms with van der Waals surface area (Å²) < 4.78 is 23.1. The summed E-state index contributed by atoms with van der Waals surface area (Å²) in [6, 6.07) is 0. The Labute approximate surface area is 64.7 Å². The molecule has 0 saturated carbocycles. The van der Waals surface area contributed by atoms with Crippen molar-refractivity contribution < 1.29 is 18.3 Å². The van der Waals surface area contributed by atoms with E-state index in [2.05, 4.69) is 0 Å². The molecule has 0 aromatic rings. The standard InChI is InChI=1S/C5H9NO4S/c7-5(8)4-11(9,10)6-2-1-3-6/h1-4H2,(H,7,8). The van der Waals surface area contributed by atoms with Crippen LogP contribution in [0.4, 0.5) is 0 Å². The molecule has 1 aliphatic heterocycles. The van der Waals surface area contributed by atoms with Crippen LogP contribution in [0.25, 0.3) is 0 Å². The molecule has 0 atom stereocenters. The molecule has 1 aliphatic rings. The van der Waals surface area contributed by atoms with E-state index in [-0.39, 0.29) is 0 Å². The third-order valence-corrected chi connectivity index (χ3v) is 3.28. The zero-order valence-corrected chi connectivity index (χ0v) is 6.67. The van der Waals surface area contributed by atoms with Gasteiger partial charge in [-0.3, -0.25) is 4.79 Å². The van der Waals surface area contributed by atoms with E-state index in [1.165, 1.54) is 4.31 Å². The molecular formula is C5H9NO4S. The lowest BCUT2D eigenvalue weighted by molar-refractivity contribution is -0.134. The number of carboxylic acids is 1. The molecule has 11 heavy (non-hydrogen) atoms. The second-order valence-electron chi connectivity index (χ2n) is 2.40. The highest BCUT2D eigenvalue weighted by molar-refractivity contribution is 7.89. The number of carboxylic acid groups (broad SMARTS) is 1. The fraction of sp³-hybridized carbons (Fsp3) is 0.800. The van der Waals surface area contributed by atoms with Crippen LogP contribution in [-0.2, 0) is 14.8 Å². The van der Waals surface area contributed by atoms with Crippen molar-refractivity contribution in [2.45, 2.75) is 6.42 Å². The third kappa shape index (κ3) is 1.90. The number of hydrogen-bond donors (Lipinski definition) is 1. The van der Waals surface area contributed by atoms with Crippen molar-refractivity contribution >= 4 is 16.0 Å². The summed E-state index contributed by atoms with van der Waals surface area (Å²) >= 11 is 0. The first-order valence-electron chi connectivity index (χ1n) is 3.22. The Morgan fingerprint density at radius 2 is 2.00 bits per heavy atom. The van der Waals surface area contributed by atoms with Crippen LogP contribution in [-0.4, -0.2) is 42.6 Å². The summed E-state index contributed by atoms with van der Waals surface area (Å²) in [7, 11) is -3.49. The lowest BCUT2D eigenvalue weighted by Crippen LogP contribution is -2.44. The van der Waals surface area contributed by atoms with Gasteiger partial charge in [0, 0.05) is 13.1 Å². The molecule has 0 bridgehead atoms. The van der Waals surface area contributed by atoms with Crippen LogP contribution in [0, 0.1) is 0 Å². The molecule has 1 N–H and O–H groups in total. The Hall–Kier alpha value is -0.620. The van der Waals surface area contributed by atoms with Crippen molar-refractivity contribution in [3.63, 3.8) is 0 Å². The SMILES string of the molecule is O=C(O)CS(=O)(=O)N1CCC1. The van der Waals surface area contributed by atoms with Gasteiger partial charge in [-0.25, -0.2) is 12.7 Å². The lowest BCUT2D eigenvalue weighted by Gasteiger charge is -2.28. The smallest absolute Gasteiger partial charge is 0.320 e. The molecule has 1 saturated heterocycles. The van der Waals surface area contributed by atoms with Crippen LogP contribution >= 0.6 is 0 Å². The summed E-state index contributed by atoms with van der Waals surface area (Å²) in [5, 5.41) is 8.21. The van der Waals surface area contributed by atoms with Gasteiger partial charge in [-0.2, -0.15) is 0 Å². The van der Waals surface area contributed by atoms with Crippen molar-refractivity contribution in [3.8, 4) is 0 Å². The fourth-order valence-corrected chi connectivity index (χ4v) is 2.12. The molecule has 64 valence electrons. The molecule has 6 heteroatoms. The molecule has 0 aromatic heterocycles. The van der Waals surface area contributed by atoms with Gasteiger partial charge in [-0.1, -0.05) is 0 Å². The highest BCUT2D eigenvalue weighted by atomic mass is 32.2. The number of aliphatic carboxylic acids is 1. The normalized spacial score (nSPS) is 19.3. The molecule has 0 spiro atoms. The van der Waals surface area contributed by atoms with Gasteiger partial charge in [0.05, 0.1) is 0 Å². The molecule has 1 fully saturated rings. The molecule has 0 aromatic carbocycles. The first-order valence-corrected chi connectivity index (χ1v) is 4.83. The van der Waals surface area contributed by atoms with Crippen molar-refractivity contribution in [2.24, 2.45) is 0 Å². The quantitative estimate of drug-likeness (QED) is 0.609. The molecule has 1 rings (SSSR count). The fourth-order valence-electron chi connectivity index (χ4n) is 0.813. The Kier molecular flexibility index (Phi) is 2.15. The topological polar surface area (TPSA) is 74.7 Å². The maximum absolute atomic E-state index is 11.0. The van der Waals surface area contributed by atoms with Crippen LogP contribution in [0.1, 0.15) is 6.42 Å². The molecule has 0 radical (unpaired) electrons.